The molecule has 0 spiro atoms. The minimum atomic E-state index is -0.587. The summed E-state index contributed by atoms with van der Waals surface area (Å²) in [7, 11) is 1.73. The molecule has 86 valence electrons. The van der Waals surface area contributed by atoms with E-state index in [-0.39, 0.29) is 12.5 Å². The average Bonchev–Trinajstić information content (AvgIpc) is 2.24. The number of ether oxygens (including phenoxy) is 1. The molecule has 1 aromatic carbocycles. The maximum absolute atomic E-state index is 11.8. The Morgan fingerprint density at radius 1 is 1.56 bits per heavy atom. The fraction of sp³-hybridized carbons (Fsp3) is 0.364. The van der Waals surface area contributed by atoms with Crippen LogP contribution in [0.3, 0.4) is 0 Å². The van der Waals surface area contributed by atoms with Crippen LogP contribution in [0.2, 0.25) is 0 Å². The predicted molar refractivity (Wildman–Crippen MR) is 65.8 cm³/mol. The molecule has 1 amide bonds. The third-order valence-corrected chi connectivity index (χ3v) is 3.20. The Morgan fingerprint density at radius 2 is 2.25 bits per heavy atom. The molecule has 1 aliphatic heterocycles. The molecule has 2 N–H and O–H groups in total. The van der Waals surface area contributed by atoms with E-state index in [2.05, 4.69) is 15.9 Å². The van der Waals surface area contributed by atoms with Gasteiger partial charge in [0, 0.05) is 13.6 Å². The van der Waals surface area contributed by atoms with Crippen molar-refractivity contribution < 1.29 is 9.53 Å². The van der Waals surface area contributed by atoms with E-state index < -0.39 is 6.10 Å². The summed E-state index contributed by atoms with van der Waals surface area (Å²) < 4.78 is 6.43. The number of carbonyl (C=O) groups excluding carboxylic acids is 1. The van der Waals surface area contributed by atoms with E-state index >= 15 is 0 Å². The quantitative estimate of drug-likeness (QED) is 0.849. The van der Waals surface area contributed by atoms with Gasteiger partial charge in [-0.15, -0.1) is 0 Å². The van der Waals surface area contributed by atoms with Crippen LogP contribution in [0.5, 0.6) is 5.75 Å². The Labute approximate surface area is 102 Å². The molecule has 4 nitrogen and oxygen atoms in total. The molecule has 1 heterocycles. The van der Waals surface area contributed by atoms with Crippen molar-refractivity contribution in [3.8, 4) is 5.75 Å². The molecule has 0 fully saturated rings. The van der Waals surface area contributed by atoms with Gasteiger partial charge in [-0.05, 0) is 40.5 Å². The highest BCUT2D eigenvalue weighted by Gasteiger charge is 2.32. The monoisotopic (exact) mass is 284 g/mol. The molecule has 1 unspecified atom stereocenters. The third kappa shape index (κ3) is 1.70. The maximum atomic E-state index is 11.8. The van der Waals surface area contributed by atoms with Crippen molar-refractivity contribution in [1.29, 1.82) is 0 Å². The first-order valence-corrected chi connectivity index (χ1v) is 5.78. The van der Waals surface area contributed by atoms with E-state index in [4.69, 9.17) is 10.5 Å². The Balaban J connectivity index is 2.54. The number of benzene rings is 1. The lowest BCUT2D eigenvalue weighted by atomic mass is 10.1. The highest BCUT2D eigenvalue weighted by molar-refractivity contribution is 9.10. The minimum Gasteiger partial charge on any atom is -0.476 e. The van der Waals surface area contributed by atoms with Crippen LogP contribution in [0.4, 0.5) is 5.69 Å². The van der Waals surface area contributed by atoms with E-state index in [1.54, 1.807) is 11.9 Å². The van der Waals surface area contributed by atoms with Crippen molar-refractivity contribution in [2.75, 3.05) is 18.5 Å². The second-order valence-corrected chi connectivity index (χ2v) is 4.69. The summed E-state index contributed by atoms with van der Waals surface area (Å²) in [4.78, 5) is 13.4. The number of nitrogens with zero attached hydrogens (tertiary/aromatic N) is 1. The zero-order valence-corrected chi connectivity index (χ0v) is 10.7. The molecule has 0 saturated carbocycles. The van der Waals surface area contributed by atoms with Gasteiger partial charge in [0.25, 0.3) is 5.91 Å². The standard InChI is InChI=1S/C11H13BrN2O2/c1-6-3-7(12)10-8(4-6)14(2)11(15)9(5-13)16-10/h3-4,9H,5,13H2,1-2H3. The normalized spacial score (nSPS) is 19.4. The number of rotatable bonds is 1. The lowest BCUT2D eigenvalue weighted by Gasteiger charge is -2.32. The van der Waals surface area contributed by atoms with Gasteiger partial charge in [-0.3, -0.25) is 4.79 Å². The number of halogens is 1. The van der Waals surface area contributed by atoms with E-state index in [0.717, 1.165) is 15.7 Å². The highest BCUT2D eigenvalue weighted by atomic mass is 79.9. The summed E-state index contributed by atoms with van der Waals surface area (Å²) in [6.07, 6.45) is -0.587. The lowest BCUT2D eigenvalue weighted by molar-refractivity contribution is -0.125. The van der Waals surface area contributed by atoms with Gasteiger partial charge in [0.1, 0.15) is 0 Å². The van der Waals surface area contributed by atoms with Gasteiger partial charge in [0.2, 0.25) is 0 Å². The van der Waals surface area contributed by atoms with Crippen molar-refractivity contribution in [1.82, 2.24) is 0 Å². The first kappa shape index (κ1) is 11.4. The zero-order valence-electron chi connectivity index (χ0n) is 9.16. The first-order chi connectivity index (χ1) is 7.54. The van der Waals surface area contributed by atoms with Crippen LogP contribution in [-0.2, 0) is 4.79 Å². The van der Waals surface area contributed by atoms with E-state index in [1.165, 1.54) is 0 Å². The van der Waals surface area contributed by atoms with Crippen LogP contribution in [0.15, 0.2) is 16.6 Å². The SMILES string of the molecule is Cc1cc(Br)c2c(c1)N(C)C(=O)C(CN)O2. The molecule has 0 radical (unpaired) electrons. The first-order valence-electron chi connectivity index (χ1n) is 4.99. The Morgan fingerprint density at radius 3 is 2.88 bits per heavy atom. The number of nitrogens with two attached hydrogens (primary N) is 1. The number of hydrogen-bond donors (Lipinski definition) is 1. The zero-order chi connectivity index (χ0) is 11.9. The summed E-state index contributed by atoms with van der Waals surface area (Å²) in [5.74, 6) is 0.579. The van der Waals surface area contributed by atoms with Crippen molar-refractivity contribution in [2.45, 2.75) is 13.0 Å². The molecular weight excluding hydrogens is 272 g/mol. The van der Waals surface area contributed by atoms with Gasteiger partial charge < -0.3 is 15.4 Å². The third-order valence-electron chi connectivity index (χ3n) is 2.61. The molecule has 16 heavy (non-hydrogen) atoms. The molecule has 5 heteroatoms. The molecule has 0 saturated heterocycles. The largest absolute Gasteiger partial charge is 0.476 e. The summed E-state index contributed by atoms with van der Waals surface area (Å²) in [5, 5.41) is 0. The van der Waals surface area contributed by atoms with Gasteiger partial charge in [0.15, 0.2) is 11.9 Å². The summed E-state index contributed by atoms with van der Waals surface area (Å²) in [6.45, 7) is 2.15. The van der Waals surface area contributed by atoms with Crippen LogP contribution < -0.4 is 15.4 Å². The number of fused-ring (bicyclic) bond motifs is 1. The van der Waals surface area contributed by atoms with E-state index in [9.17, 15) is 4.79 Å². The number of anilines is 1. The molecule has 0 bridgehead atoms. The smallest absolute Gasteiger partial charge is 0.269 e. The fourth-order valence-electron chi connectivity index (χ4n) is 1.75. The highest BCUT2D eigenvalue weighted by Crippen LogP contribution is 2.40. The van der Waals surface area contributed by atoms with Crippen molar-refractivity contribution in [2.24, 2.45) is 5.73 Å². The van der Waals surface area contributed by atoms with Crippen LogP contribution in [0.1, 0.15) is 5.56 Å². The summed E-state index contributed by atoms with van der Waals surface area (Å²) in [6, 6.07) is 3.88. The minimum absolute atomic E-state index is 0.104. The van der Waals surface area contributed by atoms with Gasteiger partial charge in [0.05, 0.1) is 10.2 Å². The molecule has 1 aromatic rings. The van der Waals surface area contributed by atoms with E-state index in [0.29, 0.717) is 5.75 Å². The van der Waals surface area contributed by atoms with Crippen LogP contribution in [0, 0.1) is 6.92 Å². The van der Waals surface area contributed by atoms with Gasteiger partial charge >= 0.3 is 0 Å². The summed E-state index contributed by atoms with van der Waals surface area (Å²) in [5.41, 5.74) is 7.35. The average molecular weight is 285 g/mol. The van der Waals surface area contributed by atoms with Gasteiger partial charge in [-0.1, -0.05) is 0 Å². The molecule has 1 aliphatic rings. The number of amides is 1. The maximum Gasteiger partial charge on any atom is 0.269 e. The van der Waals surface area contributed by atoms with Crippen LogP contribution in [-0.4, -0.2) is 25.6 Å². The van der Waals surface area contributed by atoms with Crippen molar-refractivity contribution in [3.05, 3.63) is 22.2 Å². The van der Waals surface area contributed by atoms with Crippen molar-refractivity contribution >= 4 is 27.5 Å². The predicted octanol–water partition coefficient (Wildman–Crippen LogP) is 1.44. The molecule has 0 aromatic heterocycles. The van der Waals surface area contributed by atoms with Crippen LogP contribution in [0.25, 0.3) is 0 Å². The summed E-state index contributed by atoms with van der Waals surface area (Å²) >= 11 is 3.43. The molecule has 1 atom stereocenters. The van der Waals surface area contributed by atoms with Crippen LogP contribution >= 0.6 is 15.9 Å². The fourth-order valence-corrected chi connectivity index (χ4v) is 2.41. The van der Waals surface area contributed by atoms with Gasteiger partial charge in [-0.2, -0.15) is 0 Å². The van der Waals surface area contributed by atoms with E-state index in [1.807, 2.05) is 19.1 Å². The number of hydrogen-bond acceptors (Lipinski definition) is 3. The molecule has 2 rings (SSSR count). The lowest BCUT2D eigenvalue weighted by Crippen LogP contribution is -2.47. The second kappa shape index (κ2) is 4.07. The Hall–Kier alpha value is -1.07. The Kier molecular flexibility index (Phi) is 2.90. The van der Waals surface area contributed by atoms with Gasteiger partial charge in [-0.25, -0.2) is 0 Å². The number of likely N-dealkylation sites (N-methyl/N-ethyl adjacent to an activating group) is 1. The molecular formula is C11H13BrN2O2. The topological polar surface area (TPSA) is 55.6 Å². The number of aryl methyl sites for hydroxylation is 1. The number of carbonyl (C=O) groups is 1. The van der Waals surface area contributed by atoms with Crippen molar-refractivity contribution in [3.63, 3.8) is 0 Å². The molecule has 0 aliphatic carbocycles. The second-order valence-electron chi connectivity index (χ2n) is 3.83. The Bertz CT molecular complexity index is 448.